The molecule has 0 aliphatic carbocycles. The lowest BCUT2D eigenvalue weighted by Gasteiger charge is -2.23. The highest BCUT2D eigenvalue weighted by Crippen LogP contribution is 2.28. The Morgan fingerprint density at radius 2 is 1.36 bits per heavy atom. The Morgan fingerprint density at radius 3 is 1.93 bits per heavy atom. The van der Waals surface area contributed by atoms with Crippen LogP contribution in [0, 0.1) is 13.8 Å². The Morgan fingerprint density at radius 1 is 0.786 bits per heavy atom. The number of ether oxygens (including phenoxy) is 2. The second-order valence-electron chi connectivity index (χ2n) is 6.28. The third kappa shape index (κ3) is 3.49. The van der Waals surface area contributed by atoms with Gasteiger partial charge in [0.25, 0.3) is 0 Å². The summed E-state index contributed by atoms with van der Waals surface area (Å²) in [4.78, 5) is 26.3. The third-order valence-corrected chi connectivity index (χ3v) is 4.55. The normalized spacial score (nSPS) is 13.5. The second kappa shape index (κ2) is 8.00. The van der Waals surface area contributed by atoms with Crippen molar-refractivity contribution in [1.82, 2.24) is 4.57 Å². The third-order valence-electron chi connectivity index (χ3n) is 4.55. The SMILES string of the molecule is COC(=O)C1=C(C(=O)OC)N(c2ccc(-n3c(C)ccc3C)cc2)C=CC=C1. The Hall–Kier alpha value is -3.54. The van der Waals surface area contributed by atoms with E-state index in [0.717, 1.165) is 17.1 Å². The van der Waals surface area contributed by atoms with Crippen molar-refractivity contribution < 1.29 is 19.1 Å². The molecule has 28 heavy (non-hydrogen) atoms. The van der Waals surface area contributed by atoms with E-state index in [0.29, 0.717) is 5.69 Å². The van der Waals surface area contributed by atoms with Crippen LogP contribution in [0.3, 0.4) is 0 Å². The topological polar surface area (TPSA) is 60.8 Å². The lowest BCUT2D eigenvalue weighted by atomic mass is 10.1. The summed E-state index contributed by atoms with van der Waals surface area (Å²) in [5, 5.41) is 0. The number of hydrogen-bond acceptors (Lipinski definition) is 5. The highest BCUT2D eigenvalue weighted by molar-refractivity contribution is 6.05. The number of aryl methyl sites for hydroxylation is 2. The van der Waals surface area contributed by atoms with Gasteiger partial charge in [-0.15, -0.1) is 0 Å². The van der Waals surface area contributed by atoms with Gasteiger partial charge in [0.15, 0.2) is 0 Å². The molecule has 144 valence electrons. The number of nitrogens with zero attached hydrogens (tertiary/aromatic N) is 2. The van der Waals surface area contributed by atoms with Crippen LogP contribution in [0.15, 0.2) is 72.1 Å². The van der Waals surface area contributed by atoms with Crippen LogP contribution in [0.2, 0.25) is 0 Å². The quantitative estimate of drug-likeness (QED) is 0.761. The van der Waals surface area contributed by atoms with E-state index in [1.54, 1.807) is 23.3 Å². The molecule has 2 aromatic rings. The molecule has 0 amide bonds. The summed E-state index contributed by atoms with van der Waals surface area (Å²) in [6.45, 7) is 4.09. The first-order valence-corrected chi connectivity index (χ1v) is 8.78. The van der Waals surface area contributed by atoms with Gasteiger partial charge in [0.1, 0.15) is 5.70 Å². The molecule has 0 N–H and O–H groups in total. The fourth-order valence-corrected chi connectivity index (χ4v) is 3.20. The fraction of sp³-hybridized carbons (Fsp3) is 0.182. The lowest BCUT2D eigenvalue weighted by molar-refractivity contribution is -0.139. The van der Waals surface area contributed by atoms with Crippen molar-refractivity contribution in [3.05, 3.63) is 83.5 Å². The van der Waals surface area contributed by atoms with Crippen molar-refractivity contribution in [3.8, 4) is 5.69 Å². The van der Waals surface area contributed by atoms with Crippen LogP contribution in [0.4, 0.5) is 5.69 Å². The number of esters is 2. The minimum absolute atomic E-state index is 0.0976. The molecule has 1 aromatic heterocycles. The van der Waals surface area contributed by atoms with Crippen molar-refractivity contribution in [2.75, 3.05) is 19.1 Å². The van der Waals surface area contributed by atoms with Gasteiger partial charge < -0.3 is 18.9 Å². The fourth-order valence-electron chi connectivity index (χ4n) is 3.20. The maximum Gasteiger partial charge on any atom is 0.355 e. The van der Waals surface area contributed by atoms with E-state index < -0.39 is 11.9 Å². The number of benzene rings is 1. The van der Waals surface area contributed by atoms with E-state index in [4.69, 9.17) is 9.47 Å². The van der Waals surface area contributed by atoms with Gasteiger partial charge in [0, 0.05) is 29.0 Å². The largest absolute Gasteiger partial charge is 0.465 e. The first-order chi connectivity index (χ1) is 13.5. The summed E-state index contributed by atoms with van der Waals surface area (Å²) in [6.07, 6.45) is 6.67. The number of carbonyl (C=O) groups is 2. The number of carbonyl (C=O) groups excluding carboxylic acids is 2. The molecule has 0 bridgehead atoms. The summed E-state index contributed by atoms with van der Waals surface area (Å²) in [5.41, 5.74) is 4.21. The summed E-state index contributed by atoms with van der Waals surface area (Å²) < 4.78 is 11.9. The molecule has 1 aliphatic heterocycles. The zero-order chi connectivity index (χ0) is 20.3. The monoisotopic (exact) mass is 378 g/mol. The molecular formula is C22H22N2O4. The zero-order valence-corrected chi connectivity index (χ0v) is 16.3. The van der Waals surface area contributed by atoms with Crippen LogP contribution in [-0.4, -0.2) is 30.7 Å². The molecule has 0 saturated heterocycles. The Balaban J connectivity index is 2.07. The van der Waals surface area contributed by atoms with Crippen LogP contribution in [0.5, 0.6) is 0 Å². The molecule has 0 saturated carbocycles. The molecule has 0 fully saturated rings. The van der Waals surface area contributed by atoms with Crippen LogP contribution in [-0.2, 0) is 19.1 Å². The summed E-state index contributed by atoms with van der Waals surface area (Å²) in [7, 11) is 2.55. The van der Waals surface area contributed by atoms with E-state index in [1.165, 1.54) is 20.3 Å². The average molecular weight is 378 g/mol. The number of aromatic nitrogens is 1. The number of anilines is 1. The van der Waals surface area contributed by atoms with Gasteiger partial charge in [-0.1, -0.05) is 6.08 Å². The summed E-state index contributed by atoms with van der Waals surface area (Å²) >= 11 is 0. The van der Waals surface area contributed by atoms with Crippen LogP contribution < -0.4 is 4.90 Å². The van der Waals surface area contributed by atoms with Gasteiger partial charge >= 0.3 is 11.9 Å². The molecular weight excluding hydrogens is 356 g/mol. The van der Waals surface area contributed by atoms with E-state index in [-0.39, 0.29) is 11.3 Å². The molecule has 1 aliphatic rings. The molecule has 6 heteroatoms. The number of rotatable bonds is 4. The smallest absolute Gasteiger partial charge is 0.355 e. The Kier molecular flexibility index (Phi) is 5.49. The standard InChI is InChI=1S/C22H22N2O4/c1-15-8-9-16(2)24(15)18-12-10-17(11-13-18)23-14-6-5-7-19(21(25)27-3)20(23)22(26)28-4/h5-14H,1-4H3. The minimum atomic E-state index is -0.627. The van der Waals surface area contributed by atoms with Gasteiger partial charge in [-0.05, 0) is 62.4 Å². The highest BCUT2D eigenvalue weighted by atomic mass is 16.5. The van der Waals surface area contributed by atoms with Crippen molar-refractivity contribution in [3.63, 3.8) is 0 Å². The number of methoxy groups -OCH3 is 2. The number of allylic oxidation sites excluding steroid dienone is 2. The van der Waals surface area contributed by atoms with Crippen molar-refractivity contribution in [1.29, 1.82) is 0 Å². The molecule has 1 aromatic carbocycles. The van der Waals surface area contributed by atoms with Gasteiger partial charge in [-0.25, -0.2) is 9.59 Å². The van der Waals surface area contributed by atoms with Crippen LogP contribution in [0.25, 0.3) is 5.69 Å². The predicted molar refractivity (Wildman–Crippen MR) is 107 cm³/mol. The molecule has 0 radical (unpaired) electrons. The van der Waals surface area contributed by atoms with E-state index in [2.05, 4.69) is 16.7 Å². The first kappa shape index (κ1) is 19.2. The minimum Gasteiger partial charge on any atom is -0.465 e. The highest BCUT2D eigenvalue weighted by Gasteiger charge is 2.27. The summed E-state index contributed by atoms with van der Waals surface area (Å²) in [6, 6.07) is 11.8. The van der Waals surface area contributed by atoms with Crippen molar-refractivity contribution >= 4 is 17.6 Å². The molecule has 0 unspecified atom stereocenters. The van der Waals surface area contributed by atoms with Crippen molar-refractivity contribution in [2.45, 2.75) is 13.8 Å². The maximum atomic E-state index is 12.5. The van der Waals surface area contributed by atoms with Gasteiger partial charge in [0.2, 0.25) is 0 Å². The Bertz CT molecular complexity index is 975. The zero-order valence-electron chi connectivity index (χ0n) is 16.3. The molecule has 0 spiro atoms. The first-order valence-electron chi connectivity index (χ1n) is 8.78. The predicted octanol–water partition coefficient (Wildman–Crippen LogP) is 3.58. The molecule has 3 rings (SSSR count). The second-order valence-corrected chi connectivity index (χ2v) is 6.28. The van der Waals surface area contributed by atoms with Crippen LogP contribution >= 0.6 is 0 Å². The molecule has 6 nitrogen and oxygen atoms in total. The van der Waals surface area contributed by atoms with E-state index >= 15 is 0 Å². The number of hydrogen-bond donors (Lipinski definition) is 0. The average Bonchev–Trinajstić information content (AvgIpc) is 2.92. The van der Waals surface area contributed by atoms with E-state index in [1.807, 2.05) is 38.1 Å². The van der Waals surface area contributed by atoms with Gasteiger partial charge in [0.05, 0.1) is 19.8 Å². The van der Waals surface area contributed by atoms with E-state index in [9.17, 15) is 9.59 Å². The van der Waals surface area contributed by atoms with Crippen LogP contribution in [0.1, 0.15) is 11.4 Å². The van der Waals surface area contributed by atoms with Crippen molar-refractivity contribution in [2.24, 2.45) is 0 Å². The van der Waals surface area contributed by atoms with Gasteiger partial charge in [-0.3, -0.25) is 0 Å². The van der Waals surface area contributed by atoms with Gasteiger partial charge in [-0.2, -0.15) is 0 Å². The Labute approximate surface area is 164 Å². The molecule has 2 heterocycles. The summed E-state index contributed by atoms with van der Waals surface area (Å²) in [5.74, 6) is -1.24. The maximum absolute atomic E-state index is 12.5. The lowest BCUT2D eigenvalue weighted by Crippen LogP contribution is -2.26. The molecule has 0 atom stereocenters.